The topological polar surface area (TPSA) is 0 Å². The Balaban J connectivity index is 0. The van der Waals surface area contributed by atoms with Crippen LogP contribution in [0.15, 0.2) is 0 Å². The minimum absolute atomic E-state index is 0. The molecular weight excluding hydrogens is 141 g/mol. The Kier molecular flexibility index (Phi) is 11.7. The monoisotopic (exact) mass is 141 g/mol. The van der Waals surface area contributed by atoms with E-state index in [9.17, 15) is 0 Å². The fraction of sp³-hybridized carbons (Fsp3) is 1.00. The second-order valence-electron chi connectivity index (χ2n) is 0.247. The summed E-state index contributed by atoms with van der Waals surface area (Å²) in [6, 6.07) is 0. The molecule has 27 valence electrons. The quantitative estimate of drug-likeness (QED) is 0.356. The SMILES string of the molecule is ClC(Cl)Cl.[Na]. The molecule has 0 spiro atoms. The maximum Gasteiger partial charge on any atom is 0.180 e. The van der Waals surface area contributed by atoms with E-state index in [1.165, 1.54) is 0 Å². The zero-order chi connectivity index (χ0) is 3.58. The Morgan fingerprint density at radius 1 is 1.00 bits per heavy atom. The van der Waals surface area contributed by atoms with Gasteiger partial charge in [-0.2, -0.15) is 0 Å². The van der Waals surface area contributed by atoms with Gasteiger partial charge in [0.2, 0.25) is 0 Å². The summed E-state index contributed by atoms with van der Waals surface area (Å²) >= 11 is 14.4. The molecule has 0 N–H and O–H groups in total. The summed E-state index contributed by atoms with van der Waals surface area (Å²) in [5.74, 6) is 0. The van der Waals surface area contributed by atoms with Crippen LogP contribution in [0.4, 0.5) is 0 Å². The molecule has 0 amide bonds. The maximum absolute atomic E-state index is 4.81. The molecule has 0 saturated carbocycles. The van der Waals surface area contributed by atoms with Gasteiger partial charge in [-0.1, -0.05) is 34.8 Å². The molecular formula is CHCl3Na. The average Bonchev–Trinajstić information content (AvgIpc) is 0.811. The number of hydrogen-bond acceptors (Lipinski definition) is 0. The number of halogens is 3. The number of alkyl halides is 3. The van der Waals surface area contributed by atoms with Gasteiger partial charge in [0.1, 0.15) is 0 Å². The Morgan fingerprint density at radius 2 is 1.00 bits per heavy atom. The molecule has 0 saturated heterocycles. The summed E-state index contributed by atoms with van der Waals surface area (Å²) in [5.41, 5.74) is 0. The van der Waals surface area contributed by atoms with Crippen LogP contribution in [-0.4, -0.2) is 33.9 Å². The van der Waals surface area contributed by atoms with Crippen molar-refractivity contribution in [2.24, 2.45) is 0 Å². The molecule has 0 unspecified atom stereocenters. The average molecular weight is 142 g/mol. The van der Waals surface area contributed by atoms with Gasteiger partial charge in [0.05, 0.1) is 0 Å². The van der Waals surface area contributed by atoms with Crippen LogP contribution in [0, 0.1) is 0 Å². The molecule has 5 heavy (non-hydrogen) atoms. The molecule has 0 rings (SSSR count). The van der Waals surface area contributed by atoms with Gasteiger partial charge in [-0.3, -0.25) is 0 Å². The first-order valence-electron chi connectivity index (χ1n) is 0.655. The van der Waals surface area contributed by atoms with E-state index in [1.807, 2.05) is 0 Å². The predicted octanol–water partition coefficient (Wildman–Crippen LogP) is 1.61. The van der Waals surface area contributed by atoms with Crippen LogP contribution in [0.3, 0.4) is 0 Å². The minimum atomic E-state index is -0.750. The molecule has 0 nitrogen and oxygen atoms in total. The van der Waals surface area contributed by atoms with Crippen LogP contribution in [0.2, 0.25) is 0 Å². The fourth-order valence-corrected chi connectivity index (χ4v) is 0. The first-order chi connectivity index (χ1) is 1.73. The smallest absolute Gasteiger partial charge is 0.0874 e. The Labute approximate surface area is 68.1 Å². The molecule has 4 heteroatoms. The van der Waals surface area contributed by atoms with E-state index in [0.29, 0.717) is 0 Å². The van der Waals surface area contributed by atoms with E-state index in [-0.39, 0.29) is 29.6 Å². The largest absolute Gasteiger partial charge is 0.180 e. The molecule has 0 bridgehead atoms. The molecule has 0 aromatic carbocycles. The Morgan fingerprint density at radius 3 is 1.00 bits per heavy atom. The fourth-order valence-electron chi connectivity index (χ4n) is 0. The molecule has 0 aromatic rings. The van der Waals surface area contributed by atoms with Gasteiger partial charge in [-0.25, -0.2) is 0 Å². The standard InChI is InChI=1S/CHCl3.Na/c2-1(3)4;/h1H;. The van der Waals surface area contributed by atoms with Crippen molar-refractivity contribution in [2.75, 3.05) is 0 Å². The number of rotatable bonds is 0. The molecule has 0 aliphatic heterocycles. The van der Waals surface area contributed by atoms with Crippen molar-refractivity contribution in [3.8, 4) is 0 Å². The van der Waals surface area contributed by atoms with Crippen molar-refractivity contribution in [1.29, 1.82) is 0 Å². The maximum atomic E-state index is 4.81. The first kappa shape index (κ1) is 9.98. The Bertz CT molecular complexity index is 11.6. The molecule has 0 aliphatic rings. The van der Waals surface area contributed by atoms with E-state index in [4.69, 9.17) is 34.8 Å². The molecule has 0 heterocycles. The van der Waals surface area contributed by atoms with Crippen molar-refractivity contribution >= 4 is 64.4 Å². The van der Waals surface area contributed by atoms with Crippen LogP contribution in [0.5, 0.6) is 0 Å². The van der Waals surface area contributed by atoms with Gasteiger partial charge in [-0.15, -0.1) is 0 Å². The van der Waals surface area contributed by atoms with Crippen LogP contribution >= 0.6 is 34.8 Å². The van der Waals surface area contributed by atoms with Gasteiger partial charge in [0.15, 0.2) is 4.30 Å². The summed E-state index contributed by atoms with van der Waals surface area (Å²) < 4.78 is -0.750. The van der Waals surface area contributed by atoms with Gasteiger partial charge in [0, 0.05) is 29.6 Å². The summed E-state index contributed by atoms with van der Waals surface area (Å²) in [4.78, 5) is 0. The van der Waals surface area contributed by atoms with E-state index in [0.717, 1.165) is 0 Å². The van der Waals surface area contributed by atoms with E-state index in [1.54, 1.807) is 0 Å². The van der Waals surface area contributed by atoms with Crippen molar-refractivity contribution in [2.45, 2.75) is 4.30 Å². The molecule has 0 fully saturated rings. The third kappa shape index (κ3) is 25.1. The van der Waals surface area contributed by atoms with Gasteiger partial charge in [0.25, 0.3) is 0 Å². The zero-order valence-electron chi connectivity index (χ0n) is 2.71. The first-order valence-corrected chi connectivity index (χ1v) is 1.96. The van der Waals surface area contributed by atoms with Crippen molar-refractivity contribution in [1.82, 2.24) is 0 Å². The van der Waals surface area contributed by atoms with Crippen LogP contribution < -0.4 is 0 Å². The molecule has 0 atom stereocenters. The summed E-state index contributed by atoms with van der Waals surface area (Å²) in [5, 5.41) is 0. The van der Waals surface area contributed by atoms with Crippen molar-refractivity contribution in [3.63, 3.8) is 0 Å². The number of hydrogen-bond donors (Lipinski definition) is 0. The normalized spacial score (nSPS) is 7.20. The second-order valence-corrected chi connectivity index (χ2v) is 2.23. The third-order valence-electron chi connectivity index (χ3n) is 0. The van der Waals surface area contributed by atoms with Crippen LogP contribution in [0.1, 0.15) is 0 Å². The Hall–Kier alpha value is 1.87. The molecule has 0 aliphatic carbocycles. The molecule has 0 aromatic heterocycles. The second kappa shape index (κ2) is 5.87. The van der Waals surface area contributed by atoms with E-state index in [2.05, 4.69) is 0 Å². The van der Waals surface area contributed by atoms with Crippen molar-refractivity contribution < 1.29 is 0 Å². The summed E-state index contributed by atoms with van der Waals surface area (Å²) in [6.45, 7) is 0. The summed E-state index contributed by atoms with van der Waals surface area (Å²) in [7, 11) is 0. The van der Waals surface area contributed by atoms with E-state index >= 15 is 0 Å². The minimum Gasteiger partial charge on any atom is -0.0874 e. The van der Waals surface area contributed by atoms with Crippen LogP contribution in [-0.2, 0) is 0 Å². The van der Waals surface area contributed by atoms with Crippen LogP contribution in [0.25, 0.3) is 0 Å². The van der Waals surface area contributed by atoms with Gasteiger partial charge < -0.3 is 0 Å². The van der Waals surface area contributed by atoms with Crippen molar-refractivity contribution in [3.05, 3.63) is 0 Å². The zero-order valence-corrected chi connectivity index (χ0v) is 6.98. The van der Waals surface area contributed by atoms with Gasteiger partial charge >= 0.3 is 0 Å². The summed E-state index contributed by atoms with van der Waals surface area (Å²) in [6.07, 6.45) is 0. The van der Waals surface area contributed by atoms with Gasteiger partial charge in [-0.05, 0) is 0 Å². The van der Waals surface area contributed by atoms with E-state index < -0.39 is 4.30 Å². The predicted molar refractivity (Wildman–Crippen MR) is 27.1 cm³/mol. The third-order valence-corrected chi connectivity index (χ3v) is 0. The molecule has 1 radical (unpaired) electrons.